The van der Waals surface area contributed by atoms with E-state index in [1.165, 1.54) is 6.92 Å². The van der Waals surface area contributed by atoms with Gasteiger partial charge in [-0.3, -0.25) is 9.59 Å². The van der Waals surface area contributed by atoms with Gasteiger partial charge in [-0.2, -0.15) is 18.2 Å². The minimum atomic E-state index is -4.67. The molecule has 2 rings (SSSR count). The zero-order chi connectivity index (χ0) is 19.6. The van der Waals surface area contributed by atoms with Crippen molar-refractivity contribution in [1.29, 1.82) is 0 Å². The molecule has 0 radical (unpaired) electrons. The topological polar surface area (TPSA) is 109 Å². The van der Waals surface area contributed by atoms with Crippen molar-refractivity contribution in [2.45, 2.75) is 39.8 Å². The Morgan fingerprint density at radius 3 is 2.50 bits per heavy atom. The van der Waals surface area contributed by atoms with E-state index in [0.29, 0.717) is 17.0 Å². The van der Waals surface area contributed by atoms with Gasteiger partial charge in [-0.1, -0.05) is 6.92 Å². The third-order valence-corrected chi connectivity index (χ3v) is 3.93. The van der Waals surface area contributed by atoms with Crippen molar-refractivity contribution < 1.29 is 27.9 Å². The Labute approximate surface area is 146 Å². The lowest BCUT2D eigenvalue weighted by Gasteiger charge is -2.11. The number of hydrogen-bond acceptors (Lipinski definition) is 5. The Balaban J connectivity index is 2.14. The number of carboxylic acid groups (broad SMARTS) is 1. The monoisotopic (exact) mass is 373 g/mol. The van der Waals surface area contributed by atoms with Gasteiger partial charge in [-0.05, 0) is 25.8 Å². The number of nitrogens with one attached hydrogen (secondary N) is 1. The van der Waals surface area contributed by atoms with Crippen LogP contribution in [0.2, 0.25) is 0 Å². The molecule has 0 fully saturated rings. The smallest absolute Gasteiger partial charge is 0.453 e. The number of aromatic nitrogens is 4. The van der Waals surface area contributed by atoms with Crippen LogP contribution in [0.15, 0.2) is 0 Å². The van der Waals surface area contributed by atoms with Gasteiger partial charge in [0.1, 0.15) is 0 Å². The lowest BCUT2D eigenvalue weighted by molar-refractivity contribution is -0.145. The molecular weight excluding hydrogens is 355 g/mol. The summed E-state index contributed by atoms with van der Waals surface area (Å²) in [5, 5.41) is 14.7. The first-order chi connectivity index (χ1) is 12.0. The van der Waals surface area contributed by atoms with Crippen molar-refractivity contribution >= 4 is 17.7 Å². The summed E-state index contributed by atoms with van der Waals surface area (Å²) in [5.41, 5.74) is 1.47. The molecule has 0 spiro atoms. The fourth-order valence-electron chi connectivity index (χ4n) is 2.37. The van der Waals surface area contributed by atoms with Gasteiger partial charge in [0.15, 0.2) is 0 Å². The van der Waals surface area contributed by atoms with Crippen LogP contribution in [0, 0.1) is 19.8 Å². The number of carbonyl (C=O) groups is 2. The van der Waals surface area contributed by atoms with Crippen LogP contribution in [0.5, 0.6) is 0 Å². The number of halogens is 3. The second-order valence-corrected chi connectivity index (χ2v) is 5.95. The van der Waals surface area contributed by atoms with Gasteiger partial charge in [0.2, 0.25) is 5.91 Å². The summed E-state index contributed by atoms with van der Waals surface area (Å²) in [5.74, 6) is -3.51. The highest BCUT2D eigenvalue weighted by atomic mass is 19.4. The van der Waals surface area contributed by atoms with Gasteiger partial charge in [-0.25, -0.2) is 9.50 Å². The second kappa shape index (κ2) is 7.26. The number of carbonyl (C=O) groups excluding carboxylic acids is 1. The molecule has 1 unspecified atom stereocenters. The molecule has 0 aliphatic rings. The van der Waals surface area contributed by atoms with E-state index in [0.717, 1.165) is 4.52 Å². The minimum Gasteiger partial charge on any atom is -0.481 e. The van der Waals surface area contributed by atoms with E-state index in [9.17, 15) is 22.8 Å². The normalized spacial score (nSPS) is 13.0. The van der Waals surface area contributed by atoms with Crippen molar-refractivity contribution in [3.63, 3.8) is 0 Å². The summed E-state index contributed by atoms with van der Waals surface area (Å²) in [6.07, 6.45) is -4.40. The van der Waals surface area contributed by atoms with Crippen LogP contribution in [-0.4, -0.2) is 43.1 Å². The van der Waals surface area contributed by atoms with Crippen molar-refractivity contribution in [3.05, 3.63) is 22.8 Å². The van der Waals surface area contributed by atoms with Crippen LogP contribution >= 0.6 is 0 Å². The number of amides is 1. The maximum atomic E-state index is 12.8. The maximum absolute atomic E-state index is 12.8. The first-order valence-electron chi connectivity index (χ1n) is 7.80. The lowest BCUT2D eigenvalue weighted by Crippen LogP contribution is -2.31. The number of fused-ring (bicyclic) bond motifs is 1. The zero-order valence-electron chi connectivity index (χ0n) is 14.4. The standard InChI is InChI=1S/C15H18F3N5O3/c1-7(12(25)26)6-19-11(24)5-4-10-8(2)20-14-21-13(15(16,17)18)22-23(14)9(10)3/h7H,4-6H2,1-3H3,(H,19,24)(H,25,26). The molecule has 0 aliphatic carbocycles. The molecule has 1 atom stereocenters. The molecule has 0 aliphatic heterocycles. The number of alkyl halides is 3. The molecule has 11 heteroatoms. The summed E-state index contributed by atoms with van der Waals surface area (Å²) >= 11 is 0. The van der Waals surface area contributed by atoms with Gasteiger partial charge in [0.05, 0.1) is 5.92 Å². The molecule has 0 bridgehead atoms. The summed E-state index contributed by atoms with van der Waals surface area (Å²) < 4.78 is 39.3. The predicted octanol–water partition coefficient (Wildman–Crippen LogP) is 1.53. The molecular formula is C15H18F3N5O3. The first kappa shape index (κ1) is 19.6. The van der Waals surface area contributed by atoms with Crippen molar-refractivity contribution in [3.8, 4) is 0 Å². The molecule has 2 N–H and O–H groups in total. The summed E-state index contributed by atoms with van der Waals surface area (Å²) in [6, 6.07) is 0. The van der Waals surface area contributed by atoms with Crippen LogP contribution in [0.25, 0.3) is 5.78 Å². The summed E-state index contributed by atoms with van der Waals surface area (Å²) in [4.78, 5) is 30.0. The second-order valence-electron chi connectivity index (χ2n) is 5.95. The zero-order valence-corrected chi connectivity index (χ0v) is 14.4. The third kappa shape index (κ3) is 4.27. The molecule has 0 saturated carbocycles. The number of aliphatic carboxylic acids is 1. The fraction of sp³-hybridized carbons (Fsp3) is 0.533. The van der Waals surface area contributed by atoms with Gasteiger partial charge >= 0.3 is 12.1 Å². The minimum absolute atomic E-state index is 0.00142. The quantitative estimate of drug-likeness (QED) is 0.795. The SMILES string of the molecule is Cc1nc2nc(C(F)(F)F)nn2c(C)c1CCC(=O)NCC(C)C(=O)O. The summed E-state index contributed by atoms with van der Waals surface area (Å²) in [7, 11) is 0. The van der Waals surface area contributed by atoms with E-state index in [4.69, 9.17) is 5.11 Å². The van der Waals surface area contributed by atoms with Crippen LogP contribution in [0.1, 0.15) is 36.1 Å². The molecule has 2 aromatic rings. The highest BCUT2D eigenvalue weighted by Crippen LogP contribution is 2.27. The highest BCUT2D eigenvalue weighted by molar-refractivity contribution is 5.77. The Morgan fingerprint density at radius 2 is 1.92 bits per heavy atom. The van der Waals surface area contributed by atoms with E-state index in [1.54, 1.807) is 13.8 Å². The molecule has 142 valence electrons. The van der Waals surface area contributed by atoms with Crippen molar-refractivity contribution in [2.24, 2.45) is 5.92 Å². The van der Waals surface area contributed by atoms with Gasteiger partial charge < -0.3 is 10.4 Å². The molecule has 0 aromatic carbocycles. The fourth-order valence-corrected chi connectivity index (χ4v) is 2.37. The Hall–Kier alpha value is -2.72. The number of carboxylic acids is 1. The molecule has 0 saturated heterocycles. The average molecular weight is 373 g/mol. The maximum Gasteiger partial charge on any atom is 0.453 e. The Kier molecular flexibility index (Phi) is 5.47. The molecule has 8 nitrogen and oxygen atoms in total. The van der Waals surface area contributed by atoms with E-state index >= 15 is 0 Å². The van der Waals surface area contributed by atoms with Crippen molar-refractivity contribution in [2.75, 3.05) is 6.54 Å². The van der Waals surface area contributed by atoms with Gasteiger partial charge in [0, 0.05) is 24.4 Å². The van der Waals surface area contributed by atoms with Crippen LogP contribution in [-0.2, 0) is 22.2 Å². The largest absolute Gasteiger partial charge is 0.481 e. The van der Waals surface area contributed by atoms with Crippen molar-refractivity contribution in [1.82, 2.24) is 24.9 Å². The van der Waals surface area contributed by atoms with Gasteiger partial charge in [0.25, 0.3) is 11.6 Å². The van der Waals surface area contributed by atoms with E-state index in [2.05, 4.69) is 20.4 Å². The average Bonchev–Trinajstić information content (AvgIpc) is 2.96. The van der Waals surface area contributed by atoms with Crippen LogP contribution in [0.4, 0.5) is 13.2 Å². The molecule has 2 aromatic heterocycles. The first-order valence-corrected chi connectivity index (χ1v) is 7.80. The van der Waals surface area contributed by atoms with E-state index < -0.39 is 23.9 Å². The lowest BCUT2D eigenvalue weighted by atomic mass is 10.1. The molecule has 1 amide bonds. The Bertz CT molecular complexity index is 847. The number of nitrogens with zero attached hydrogens (tertiary/aromatic N) is 4. The van der Waals surface area contributed by atoms with Crippen LogP contribution in [0.3, 0.4) is 0 Å². The number of aryl methyl sites for hydroxylation is 2. The predicted molar refractivity (Wildman–Crippen MR) is 83.4 cm³/mol. The summed E-state index contributed by atoms with van der Waals surface area (Å²) in [6.45, 7) is 4.67. The Morgan fingerprint density at radius 1 is 1.27 bits per heavy atom. The highest BCUT2D eigenvalue weighted by Gasteiger charge is 2.36. The van der Waals surface area contributed by atoms with E-state index in [-0.39, 0.29) is 31.1 Å². The molecule has 2 heterocycles. The number of hydrogen-bond donors (Lipinski definition) is 2. The van der Waals surface area contributed by atoms with E-state index in [1.807, 2.05) is 0 Å². The van der Waals surface area contributed by atoms with Crippen LogP contribution < -0.4 is 5.32 Å². The number of rotatable bonds is 6. The van der Waals surface area contributed by atoms with Gasteiger partial charge in [-0.15, -0.1) is 5.10 Å². The third-order valence-electron chi connectivity index (χ3n) is 3.93. The molecule has 26 heavy (non-hydrogen) atoms.